The van der Waals surface area contributed by atoms with E-state index in [0.717, 1.165) is 37.2 Å². The third-order valence-electron chi connectivity index (χ3n) is 5.01. The van der Waals surface area contributed by atoms with Crippen molar-refractivity contribution in [3.63, 3.8) is 0 Å². The second-order valence-electron chi connectivity index (χ2n) is 7.13. The average Bonchev–Trinajstić information content (AvgIpc) is 2.67. The highest BCUT2D eigenvalue weighted by Crippen LogP contribution is 2.38. The van der Waals surface area contributed by atoms with E-state index in [1.54, 1.807) is 0 Å². The summed E-state index contributed by atoms with van der Waals surface area (Å²) in [7, 11) is 0. The van der Waals surface area contributed by atoms with Crippen molar-refractivity contribution in [1.29, 1.82) is 0 Å². The fourth-order valence-corrected chi connectivity index (χ4v) is 3.06. The number of benzene rings is 1. The summed E-state index contributed by atoms with van der Waals surface area (Å²) in [6.45, 7) is 5.70. The normalized spacial score (nSPS) is 22.7. The Labute approximate surface area is 151 Å². The Kier molecular flexibility index (Phi) is 5.80. The van der Waals surface area contributed by atoms with E-state index >= 15 is 0 Å². The van der Waals surface area contributed by atoms with Gasteiger partial charge in [0.05, 0.1) is 0 Å². The van der Waals surface area contributed by atoms with Crippen molar-refractivity contribution in [2.75, 3.05) is 6.61 Å². The zero-order chi connectivity index (χ0) is 17.5. The molecule has 0 N–H and O–H groups in total. The molecule has 2 nitrogen and oxygen atoms in total. The summed E-state index contributed by atoms with van der Waals surface area (Å²) in [5, 5.41) is 0. The number of hydrogen-bond donors (Lipinski definition) is 0. The summed E-state index contributed by atoms with van der Waals surface area (Å²) >= 11 is 0. The van der Waals surface area contributed by atoms with Crippen LogP contribution in [-0.2, 0) is 16.1 Å². The summed E-state index contributed by atoms with van der Waals surface area (Å²) < 4.78 is 12.3. The van der Waals surface area contributed by atoms with Gasteiger partial charge in [-0.25, -0.2) is 0 Å². The van der Waals surface area contributed by atoms with Gasteiger partial charge in [0.15, 0.2) is 5.76 Å². The van der Waals surface area contributed by atoms with Crippen LogP contribution in [0.1, 0.15) is 45.1 Å². The largest absolute Gasteiger partial charge is 0.489 e. The second kappa shape index (κ2) is 8.24. The third-order valence-corrected chi connectivity index (χ3v) is 5.01. The lowest BCUT2D eigenvalue weighted by atomic mass is 9.80. The monoisotopic (exact) mass is 336 g/mol. The molecule has 0 saturated heterocycles. The predicted octanol–water partition coefficient (Wildman–Crippen LogP) is 6.08. The van der Waals surface area contributed by atoms with Gasteiger partial charge in [-0.05, 0) is 41.9 Å². The lowest BCUT2D eigenvalue weighted by molar-refractivity contribution is 0.140. The van der Waals surface area contributed by atoms with Crippen molar-refractivity contribution in [1.82, 2.24) is 0 Å². The molecule has 25 heavy (non-hydrogen) atoms. The Morgan fingerprint density at radius 1 is 1.00 bits per heavy atom. The van der Waals surface area contributed by atoms with Gasteiger partial charge in [0.1, 0.15) is 19.0 Å². The maximum atomic E-state index is 6.20. The molecular weight excluding hydrogens is 308 g/mol. The first-order chi connectivity index (χ1) is 12.2. The van der Waals surface area contributed by atoms with Crippen LogP contribution in [0, 0.1) is 5.41 Å². The van der Waals surface area contributed by atoms with Crippen molar-refractivity contribution >= 4 is 0 Å². The molecule has 0 bridgehead atoms. The van der Waals surface area contributed by atoms with Gasteiger partial charge in [0, 0.05) is 6.42 Å². The maximum absolute atomic E-state index is 6.20. The first-order valence-corrected chi connectivity index (χ1v) is 9.26. The van der Waals surface area contributed by atoms with Crippen LogP contribution in [0.2, 0.25) is 0 Å². The number of hydrogen-bond acceptors (Lipinski definition) is 2. The van der Waals surface area contributed by atoms with Crippen molar-refractivity contribution in [2.24, 2.45) is 5.41 Å². The van der Waals surface area contributed by atoms with Crippen molar-refractivity contribution in [3.05, 3.63) is 83.4 Å². The molecule has 0 amide bonds. The first-order valence-electron chi connectivity index (χ1n) is 9.26. The van der Waals surface area contributed by atoms with Crippen molar-refractivity contribution in [2.45, 2.75) is 46.1 Å². The Hall–Kier alpha value is -2.22. The standard InChI is InChI=1S/C23H28O2/c1-3-23(2)15-14-21(24-17-19-10-6-4-7-11-19)22(16-23)25-18-20-12-8-5-9-13-20/h4,6-8,10-15H,3,5,9,16-18H2,1-2H3. The van der Waals surface area contributed by atoms with E-state index in [-0.39, 0.29) is 5.41 Å². The van der Waals surface area contributed by atoms with Crippen LogP contribution in [0.4, 0.5) is 0 Å². The summed E-state index contributed by atoms with van der Waals surface area (Å²) in [6, 6.07) is 10.3. The molecule has 1 unspecified atom stereocenters. The number of allylic oxidation sites excluding steroid dienone is 5. The van der Waals surface area contributed by atoms with Gasteiger partial charge in [-0.15, -0.1) is 0 Å². The van der Waals surface area contributed by atoms with E-state index in [1.807, 2.05) is 18.2 Å². The van der Waals surface area contributed by atoms with E-state index in [4.69, 9.17) is 9.47 Å². The minimum Gasteiger partial charge on any atom is -0.489 e. The lowest BCUT2D eigenvalue weighted by Crippen LogP contribution is -2.19. The summed E-state index contributed by atoms with van der Waals surface area (Å²) in [6.07, 6.45) is 15.2. The third kappa shape index (κ3) is 4.88. The highest BCUT2D eigenvalue weighted by molar-refractivity contribution is 5.28. The van der Waals surface area contributed by atoms with E-state index in [1.165, 1.54) is 11.1 Å². The van der Waals surface area contributed by atoms with Gasteiger partial charge < -0.3 is 9.47 Å². The van der Waals surface area contributed by atoms with Crippen LogP contribution >= 0.6 is 0 Å². The van der Waals surface area contributed by atoms with Gasteiger partial charge in [0.2, 0.25) is 0 Å². The van der Waals surface area contributed by atoms with E-state index in [2.05, 4.69) is 56.4 Å². The fraction of sp³-hybridized carbons (Fsp3) is 0.391. The molecule has 0 aliphatic heterocycles. The van der Waals surface area contributed by atoms with E-state index < -0.39 is 0 Å². The summed E-state index contributed by atoms with van der Waals surface area (Å²) in [5.74, 6) is 1.85. The molecule has 0 heterocycles. The van der Waals surface area contributed by atoms with E-state index in [0.29, 0.717) is 13.2 Å². The summed E-state index contributed by atoms with van der Waals surface area (Å²) in [5.41, 5.74) is 2.57. The highest BCUT2D eigenvalue weighted by atomic mass is 16.5. The van der Waals surface area contributed by atoms with Gasteiger partial charge in [-0.2, -0.15) is 0 Å². The molecule has 0 saturated carbocycles. The first kappa shape index (κ1) is 17.6. The molecule has 132 valence electrons. The van der Waals surface area contributed by atoms with Gasteiger partial charge in [-0.3, -0.25) is 0 Å². The van der Waals surface area contributed by atoms with Crippen LogP contribution in [0.15, 0.2) is 77.8 Å². The predicted molar refractivity (Wildman–Crippen MR) is 103 cm³/mol. The topological polar surface area (TPSA) is 18.5 Å². The number of ether oxygens (including phenoxy) is 2. The molecule has 0 aromatic heterocycles. The SMILES string of the molecule is CCC1(C)C=CC(OCc2ccccc2)=C(OCC2=CCCC=C2)C1. The van der Waals surface area contributed by atoms with Crippen LogP contribution in [0.5, 0.6) is 0 Å². The van der Waals surface area contributed by atoms with Crippen molar-refractivity contribution in [3.8, 4) is 0 Å². The Morgan fingerprint density at radius 3 is 2.56 bits per heavy atom. The maximum Gasteiger partial charge on any atom is 0.157 e. The summed E-state index contributed by atoms with van der Waals surface area (Å²) in [4.78, 5) is 0. The smallest absolute Gasteiger partial charge is 0.157 e. The van der Waals surface area contributed by atoms with Gasteiger partial charge >= 0.3 is 0 Å². The minimum atomic E-state index is 0.145. The number of rotatable bonds is 7. The average molecular weight is 336 g/mol. The van der Waals surface area contributed by atoms with E-state index in [9.17, 15) is 0 Å². The molecule has 2 aliphatic rings. The molecule has 1 aromatic rings. The van der Waals surface area contributed by atoms with Crippen LogP contribution in [0.25, 0.3) is 0 Å². The molecule has 0 radical (unpaired) electrons. The quantitative estimate of drug-likeness (QED) is 0.600. The fourth-order valence-electron chi connectivity index (χ4n) is 3.06. The minimum absolute atomic E-state index is 0.145. The molecule has 0 spiro atoms. The highest BCUT2D eigenvalue weighted by Gasteiger charge is 2.27. The Bertz CT molecular complexity index is 694. The zero-order valence-electron chi connectivity index (χ0n) is 15.3. The second-order valence-corrected chi connectivity index (χ2v) is 7.13. The van der Waals surface area contributed by atoms with Gasteiger partial charge in [-0.1, -0.05) is 68.5 Å². The molecular formula is C23H28O2. The molecule has 2 heteroatoms. The zero-order valence-corrected chi connectivity index (χ0v) is 15.3. The van der Waals surface area contributed by atoms with Crippen LogP contribution in [0.3, 0.4) is 0 Å². The van der Waals surface area contributed by atoms with Crippen LogP contribution < -0.4 is 0 Å². The Balaban J connectivity index is 1.70. The van der Waals surface area contributed by atoms with Crippen LogP contribution in [-0.4, -0.2) is 6.61 Å². The molecule has 3 rings (SSSR count). The Morgan fingerprint density at radius 2 is 1.84 bits per heavy atom. The lowest BCUT2D eigenvalue weighted by Gasteiger charge is -2.30. The van der Waals surface area contributed by atoms with Gasteiger partial charge in [0.25, 0.3) is 0 Å². The molecule has 1 aromatic carbocycles. The molecule has 2 aliphatic carbocycles. The van der Waals surface area contributed by atoms with Crippen molar-refractivity contribution < 1.29 is 9.47 Å². The molecule has 1 atom stereocenters. The molecule has 0 fully saturated rings.